The highest BCUT2D eigenvalue weighted by atomic mass is 19.1. The first kappa shape index (κ1) is 11.8. The predicted octanol–water partition coefficient (Wildman–Crippen LogP) is 3.38. The SMILES string of the molecule is COC(OC)c1ccc(F)c(-c2ccco2)c1. The third-order valence-electron chi connectivity index (χ3n) is 2.48. The van der Waals surface area contributed by atoms with Gasteiger partial charge in [-0.05, 0) is 24.3 Å². The van der Waals surface area contributed by atoms with Gasteiger partial charge in [0, 0.05) is 19.8 Å². The zero-order valence-corrected chi connectivity index (χ0v) is 9.64. The van der Waals surface area contributed by atoms with Crippen molar-refractivity contribution in [1.29, 1.82) is 0 Å². The molecule has 0 atom stereocenters. The van der Waals surface area contributed by atoms with Crippen molar-refractivity contribution in [3.63, 3.8) is 0 Å². The van der Waals surface area contributed by atoms with Crippen molar-refractivity contribution in [3.8, 4) is 11.3 Å². The van der Waals surface area contributed by atoms with E-state index < -0.39 is 6.29 Å². The number of hydrogen-bond acceptors (Lipinski definition) is 3. The van der Waals surface area contributed by atoms with Crippen LogP contribution in [0.1, 0.15) is 11.9 Å². The monoisotopic (exact) mass is 236 g/mol. The summed E-state index contributed by atoms with van der Waals surface area (Å²) in [6.45, 7) is 0. The number of halogens is 1. The third kappa shape index (κ3) is 2.38. The van der Waals surface area contributed by atoms with Crippen LogP contribution in [-0.4, -0.2) is 14.2 Å². The van der Waals surface area contributed by atoms with Gasteiger partial charge in [-0.1, -0.05) is 6.07 Å². The minimum Gasteiger partial charge on any atom is -0.464 e. The lowest BCUT2D eigenvalue weighted by molar-refractivity contribution is -0.106. The maximum absolute atomic E-state index is 13.7. The van der Waals surface area contributed by atoms with E-state index in [1.54, 1.807) is 24.3 Å². The van der Waals surface area contributed by atoms with E-state index in [0.29, 0.717) is 11.3 Å². The Balaban J connectivity index is 2.43. The van der Waals surface area contributed by atoms with Gasteiger partial charge in [-0.3, -0.25) is 0 Å². The summed E-state index contributed by atoms with van der Waals surface area (Å²) in [7, 11) is 3.06. The van der Waals surface area contributed by atoms with E-state index in [2.05, 4.69) is 0 Å². The van der Waals surface area contributed by atoms with Gasteiger partial charge in [0.15, 0.2) is 6.29 Å². The van der Waals surface area contributed by atoms with Crippen LogP contribution in [0.2, 0.25) is 0 Å². The second kappa shape index (κ2) is 5.12. The molecule has 2 aromatic rings. The van der Waals surface area contributed by atoms with Crippen LogP contribution in [0.25, 0.3) is 11.3 Å². The number of hydrogen-bond donors (Lipinski definition) is 0. The fourth-order valence-electron chi connectivity index (χ4n) is 1.68. The average molecular weight is 236 g/mol. The zero-order chi connectivity index (χ0) is 12.3. The van der Waals surface area contributed by atoms with Gasteiger partial charge in [0.1, 0.15) is 11.6 Å². The normalized spacial score (nSPS) is 11.1. The molecular weight excluding hydrogens is 223 g/mol. The van der Waals surface area contributed by atoms with Crippen molar-refractivity contribution >= 4 is 0 Å². The minimum absolute atomic E-state index is 0.338. The predicted molar refractivity (Wildman–Crippen MR) is 60.9 cm³/mol. The van der Waals surface area contributed by atoms with Crippen LogP contribution in [0.5, 0.6) is 0 Å². The number of ether oxygens (including phenoxy) is 2. The van der Waals surface area contributed by atoms with Crippen LogP contribution >= 0.6 is 0 Å². The first-order valence-corrected chi connectivity index (χ1v) is 5.15. The lowest BCUT2D eigenvalue weighted by Crippen LogP contribution is -2.04. The molecule has 0 saturated carbocycles. The van der Waals surface area contributed by atoms with Gasteiger partial charge in [-0.25, -0.2) is 4.39 Å². The highest BCUT2D eigenvalue weighted by Crippen LogP contribution is 2.27. The molecule has 0 aliphatic rings. The van der Waals surface area contributed by atoms with Crippen molar-refractivity contribution in [1.82, 2.24) is 0 Å². The molecule has 1 heterocycles. The van der Waals surface area contributed by atoms with Gasteiger partial charge in [0.25, 0.3) is 0 Å². The van der Waals surface area contributed by atoms with Crippen LogP contribution in [0.3, 0.4) is 0 Å². The Morgan fingerprint density at radius 1 is 1.18 bits per heavy atom. The van der Waals surface area contributed by atoms with Crippen molar-refractivity contribution in [2.75, 3.05) is 14.2 Å². The van der Waals surface area contributed by atoms with Crippen LogP contribution in [-0.2, 0) is 9.47 Å². The molecule has 0 aliphatic heterocycles. The molecule has 0 bridgehead atoms. The molecule has 0 amide bonds. The summed E-state index contributed by atoms with van der Waals surface area (Å²) >= 11 is 0. The van der Waals surface area contributed by atoms with E-state index in [1.165, 1.54) is 26.5 Å². The van der Waals surface area contributed by atoms with E-state index in [9.17, 15) is 4.39 Å². The average Bonchev–Trinajstić information content (AvgIpc) is 2.86. The highest BCUT2D eigenvalue weighted by Gasteiger charge is 2.14. The first-order valence-electron chi connectivity index (χ1n) is 5.15. The van der Waals surface area contributed by atoms with E-state index in [-0.39, 0.29) is 5.82 Å². The molecule has 4 heteroatoms. The molecule has 0 spiro atoms. The van der Waals surface area contributed by atoms with E-state index >= 15 is 0 Å². The summed E-state index contributed by atoms with van der Waals surface area (Å²) in [6.07, 6.45) is 0.996. The molecule has 2 rings (SSSR count). The Kier molecular flexibility index (Phi) is 3.56. The van der Waals surface area contributed by atoms with Crippen LogP contribution in [0.15, 0.2) is 41.0 Å². The summed E-state index contributed by atoms with van der Waals surface area (Å²) < 4.78 is 29.1. The topological polar surface area (TPSA) is 31.6 Å². The molecular formula is C13H13FO3. The van der Waals surface area contributed by atoms with Crippen LogP contribution < -0.4 is 0 Å². The van der Waals surface area contributed by atoms with Gasteiger partial charge >= 0.3 is 0 Å². The van der Waals surface area contributed by atoms with Gasteiger partial charge in [-0.2, -0.15) is 0 Å². The van der Waals surface area contributed by atoms with E-state index in [4.69, 9.17) is 13.9 Å². The summed E-state index contributed by atoms with van der Waals surface area (Å²) in [5, 5.41) is 0. The van der Waals surface area contributed by atoms with Crippen molar-refractivity contribution in [3.05, 3.63) is 48.0 Å². The first-order chi connectivity index (χ1) is 8.26. The molecule has 3 nitrogen and oxygen atoms in total. The Labute approximate surface area is 98.8 Å². The van der Waals surface area contributed by atoms with Gasteiger partial charge in [0.05, 0.1) is 11.8 Å². The van der Waals surface area contributed by atoms with Crippen molar-refractivity contribution in [2.45, 2.75) is 6.29 Å². The minimum atomic E-state index is -0.510. The Bertz CT molecular complexity index is 475. The molecule has 1 aromatic carbocycles. The quantitative estimate of drug-likeness (QED) is 0.763. The van der Waals surface area contributed by atoms with Crippen LogP contribution in [0.4, 0.5) is 4.39 Å². The second-order valence-corrected chi connectivity index (χ2v) is 3.52. The molecule has 1 aromatic heterocycles. The summed E-state index contributed by atoms with van der Waals surface area (Å²) in [5.41, 5.74) is 1.13. The fourth-order valence-corrected chi connectivity index (χ4v) is 1.68. The third-order valence-corrected chi connectivity index (χ3v) is 2.48. The number of benzene rings is 1. The molecule has 0 aliphatic carbocycles. The van der Waals surface area contributed by atoms with Crippen molar-refractivity contribution in [2.24, 2.45) is 0 Å². The smallest absolute Gasteiger partial charge is 0.183 e. The summed E-state index contributed by atoms with van der Waals surface area (Å²) in [6, 6.07) is 8.08. The largest absolute Gasteiger partial charge is 0.464 e. The molecule has 17 heavy (non-hydrogen) atoms. The van der Waals surface area contributed by atoms with Crippen LogP contribution in [0, 0.1) is 5.82 Å². The summed E-state index contributed by atoms with van der Waals surface area (Å²) in [5.74, 6) is 0.143. The highest BCUT2D eigenvalue weighted by molar-refractivity contribution is 5.59. The fraction of sp³-hybridized carbons (Fsp3) is 0.231. The van der Waals surface area contributed by atoms with Gasteiger partial charge in [0.2, 0.25) is 0 Å². The second-order valence-electron chi connectivity index (χ2n) is 3.52. The Morgan fingerprint density at radius 2 is 1.94 bits per heavy atom. The van der Waals surface area contributed by atoms with Gasteiger partial charge in [-0.15, -0.1) is 0 Å². The Hall–Kier alpha value is -1.65. The molecule has 0 saturated heterocycles. The molecule has 0 radical (unpaired) electrons. The van der Waals surface area contributed by atoms with E-state index in [0.717, 1.165) is 5.56 Å². The van der Waals surface area contributed by atoms with E-state index in [1.807, 2.05) is 0 Å². The lowest BCUT2D eigenvalue weighted by Gasteiger charge is -2.14. The molecule has 0 unspecified atom stereocenters. The maximum atomic E-state index is 13.7. The summed E-state index contributed by atoms with van der Waals surface area (Å²) in [4.78, 5) is 0. The lowest BCUT2D eigenvalue weighted by atomic mass is 10.1. The number of rotatable bonds is 4. The van der Waals surface area contributed by atoms with Crippen molar-refractivity contribution < 1.29 is 18.3 Å². The van der Waals surface area contributed by atoms with Gasteiger partial charge < -0.3 is 13.9 Å². The zero-order valence-electron chi connectivity index (χ0n) is 9.64. The molecule has 90 valence electrons. The maximum Gasteiger partial charge on any atom is 0.183 e. The number of furan rings is 1. The Morgan fingerprint density at radius 3 is 2.53 bits per heavy atom. The molecule has 0 fully saturated rings. The standard InChI is InChI=1S/C13H13FO3/c1-15-13(16-2)9-5-6-11(14)10(8-9)12-4-3-7-17-12/h3-8,13H,1-2H3. The number of methoxy groups -OCH3 is 2. The molecule has 0 N–H and O–H groups in total.